The van der Waals surface area contributed by atoms with Crippen molar-refractivity contribution in [2.24, 2.45) is 58.2 Å². The van der Waals surface area contributed by atoms with E-state index in [0.717, 1.165) is 64.2 Å². The van der Waals surface area contributed by atoms with Crippen LogP contribution in [0.5, 0.6) is 0 Å². The van der Waals surface area contributed by atoms with Crippen molar-refractivity contribution < 1.29 is 24.0 Å². The highest BCUT2D eigenvalue weighted by atomic mass is 16.2. The molecular formula is C33H47BN2O5. The average Bonchev–Trinajstić information content (AvgIpc) is 3.82. The zero-order valence-electron chi connectivity index (χ0n) is 25.8. The molecule has 2 aliphatic heterocycles. The fourth-order valence-electron chi connectivity index (χ4n) is 11.7. The van der Waals surface area contributed by atoms with Crippen LogP contribution in [0, 0.1) is 58.2 Å². The van der Waals surface area contributed by atoms with Crippen LogP contribution in [0.25, 0.3) is 0 Å². The topological polar surface area (TPSA) is 91.8 Å². The second-order valence-electron chi connectivity index (χ2n) is 15.9. The zero-order valence-corrected chi connectivity index (χ0v) is 25.8. The lowest BCUT2D eigenvalue weighted by molar-refractivity contribution is -0.148. The molecule has 8 heteroatoms. The van der Waals surface area contributed by atoms with Crippen molar-refractivity contribution in [2.75, 3.05) is 0 Å². The third kappa shape index (κ3) is 3.11. The quantitative estimate of drug-likeness (QED) is 0.336. The molecule has 0 unspecified atom stereocenters. The molecule has 0 aromatic carbocycles. The van der Waals surface area contributed by atoms with Gasteiger partial charge < -0.3 is 4.81 Å². The van der Waals surface area contributed by atoms with E-state index in [0.29, 0.717) is 13.2 Å². The monoisotopic (exact) mass is 562 g/mol. The van der Waals surface area contributed by atoms with Crippen LogP contribution in [-0.4, -0.2) is 52.1 Å². The van der Waals surface area contributed by atoms with Gasteiger partial charge in [-0.1, -0.05) is 47.5 Å². The Kier molecular flexibility index (Phi) is 5.81. The smallest absolute Gasteiger partial charge is 0.255 e. The highest BCUT2D eigenvalue weighted by Crippen LogP contribution is 2.76. The van der Waals surface area contributed by atoms with Crippen molar-refractivity contribution in [3.8, 4) is 0 Å². The summed E-state index contributed by atoms with van der Waals surface area (Å²) in [6.45, 7) is 12.5. The van der Waals surface area contributed by atoms with Crippen LogP contribution in [0.2, 0.25) is 5.31 Å². The molecule has 7 nitrogen and oxygen atoms in total. The van der Waals surface area contributed by atoms with Crippen LogP contribution in [-0.2, 0) is 24.0 Å². The molecule has 4 bridgehead atoms. The number of likely N-dealkylation sites (tertiary alicyclic amines) is 1. The maximum absolute atomic E-state index is 14.9. The Bertz CT molecular complexity index is 1260. The molecule has 41 heavy (non-hydrogen) atoms. The zero-order chi connectivity index (χ0) is 29.4. The molecule has 4 amide bonds. The van der Waals surface area contributed by atoms with E-state index in [4.69, 9.17) is 0 Å². The molecule has 0 aromatic rings. The van der Waals surface area contributed by atoms with Gasteiger partial charge in [0.05, 0.1) is 23.7 Å². The van der Waals surface area contributed by atoms with E-state index in [1.165, 1.54) is 0 Å². The summed E-state index contributed by atoms with van der Waals surface area (Å²) in [5.74, 6) is -0.949. The Balaban J connectivity index is 1.17. The van der Waals surface area contributed by atoms with E-state index < -0.39 is 16.4 Å². The number of Topliss-reactive ketones (excluding diaryl/α,β-unsaturated/α-hetero) is 1. The normalized spacial score (nSPS) is 44.5. The van der Waals surface area contributed by atoms with Gasteiger partial charge >= 0.3 is 0 Å². The molecule has 0 N–H and O–H groups in total. The molecule has 7 fully saturated rings. The van der Waals surface area contributed by atoms with Gasteiger partial charge in [0.15, 0.2) is 0 Å². The minimum absolute atomic E-state index is 0.00205. The number of carbonyl (C=O) groups is 5. The van der Waals surface area contributed by atoms with Gasteiger partial charge in [-0.05, 0) is 87.3 Å². The average molecular weight is 563 g/mol. The standard InChI is InChI=1S/C33H47BN2O5/c1-7-30(5,8-2)34-36-27(39)22-18-14-20(24(22)28(36)40)33(16-18)12-11-32(29(33)41)15-17-13-19(32)23-21(17)25(37)35(26(23)38)31(6,9-3)10-4/h17-24,34H,7-16H2,1-6H3/t17-,18+,19-,20+,21-,22+,23+,24-,32-,33+/m1/s1. The van der Waals surface area contributed by atoms with E-state index in [9.17, 15) is 24.0 Å². The van der Waals surface area contributed by atoms with E-state index in [1.54, 1.807) is 9.71 Å². The molecule has 7 rings (SSSR count). The van der Waals surface area contributed by atoms with Crippen molar-refractivity contribution in [3.63, 3.8) is 0 Å². The SMILES string of the molecule is CCC(C)(BN1C(=O)[C@H]2[C@H]3C[C@@H]([C@H]2C1=O)[C@]1(CC[C@]2(C[C@H]4C[C@@H]2[C@@H]2C(=O)N(C(C)(CC)CC)C(=O)[C@H]42)C1=O)C3)CC. The van der Waals surface area contributed by atoms with Crippen molar-refractivity contribution in [1.29, 1.82) is 0 Å². The number of fused-ring (bicyclic) bond motifs is 12. The summed E-state index contributed by atoms with van der Waals surface area (Å²) in [6, 6.07) is 0. The van der Waals surface area contributed by atoms with Crippen molar-refractivity contribution in [2.45, 2.75) is 117 Å². The molecule has 10 atom stereocenters. The molecule has 0 aromatic heterocycles. The Labute approximate surface area is 245 Å². The van der Waals surface area contributed by atoms with Crippen LogP contribution in [0.1, 0.15) is 106 Å². The lowest BCUT2D eigenvalue weighted by Gasteiger charge is -2.42. The molecule has 2 heterocycles. The predicted molar refractivity (Wildman–Crippen MR) is 154 cm³/mol. The second kappa shape index (κ2) is 8.56. The van der Waals surface area contributed by atoms with Crippen LogP contribution in [0.15, 0.2) is 0 Å². The molecule has 5 saturated carbocycles. The van der Waals surface area contributed by atoms with E-state index in [-0.39, 0.29) is 76.3 Å². The van der Waals surface area contributed by atoms with Crippen LogP contribution in [0.3, 0.4) is 0 Å². The van der Waals surface area contributed by atoms with Crippen LogP contribution in [0.4, 0.5) is 0 Å². The fourth-order valence-corrected chi connectivity index (χ4v) is 11.7. The number of carbonyl (C=O) groups excluding carboxylic acids is 5. The minimum Gasteiger partial charge on any atom is -0.332 e. The second-order valence-corrected chi connectivity index (χ2v) is 15.9. The number of rotatable bonds is 7. The number of nitrogens with zero attached hydrogens (tertiary/aromatic N) is 2. The molecule has 0 radical (unpaired) electrons. The minimum atomic E-state index is -0.541. The lowest BCUT2D eigenvalue weighted by atomic mass is 9.57. The highest BCUT2D eigenvalue weighted by Gasteiger charge is 2.78. The summed E-state index contributed by atoms with van der Waals surface area (Å²) in [5, 5.41) is -0.0850. The summed E-state index contributed by atoms with van der Waals surface area (Å²) < 4.78 is 0. The summed E-state index contributed by atoms with van der Waals surface area (Å²) in [4.78, 5) is 73.2. The van der Waals surface area contributed by atoms with Crippen molar-refractivity contribution >= 4 is 36.8 Å². The first-order valence-electron chi connectivity index (χ1n) is 16.6. The van der Waals surface area contributed by atoms with Gasteiger partial charge in [-0.3, -0.25) is 28.9 Å². The first-order chi connectivity index (χ1) is 19.4. The lowest BCUT2D eigenvalue weighted by Crippen LogP contribution is -2.50. The van der Waals surface area contributed by atoms with Crippen molar-refractivity contribution in [3.05, 3.63) is 0 Å². The highest BCUT2D eigenvalue weighted by molar-refractivity contribution is 6.47. The molecular weight excluding hydrogens is 515 g/mol. The molecule has 5 aliphatic carbocycles. The maximum atomic E-state index is 14.9. The molecule has 2 spiro atoms. The first kappa shape index (κ1) is 27.8. The number of hydrogen-bond donors (Lipinski definition) is 0. The van der Waals surface area contributed by atoms with Gasteiger partial charge in [-0.15, -0.1) is 0 Å². The van der Waals surface area contributed by atoms with E-state index in [2.05, 4.69) is 20.8 Å². The van der Waals surface area contributed by atoms with Gasteiger partial charge in [0.25, 0.3) is 7.41 Å². The third-order valence-electron chi connectivity index (χ3n) is 14.8. The van der Waals surface area contributed by atoms with E-state index >= 15 is 0 Å². The first-order valence-corrected chi connectivity index (χ1v) is 16.6. The van der Waals surface area contributed by atoms with Gasteiger partial charge in [0.2, 0.25) is 23.6 Å². The van der Waals surface area contributed by atoms with Crippen LogP contribution >= 0.6 is 0 Å². The maximum Gasteiger partial charge on any atom is 0.255 e. The number of ketones is 1. The van der Waals surface area contributed by atoms with Crippen molar-refractivity contribution in [1.82, 2.24) is 9.71 Å². The summed E-state index contributed by atoms with van der Waals surface area (Å²) >= 11 is 0. The Morgan fingerprint density at radius 3 is 1.61 bits per heavy atom. The summed E-state index contributed by atoms with van der Waals surface area (Å²) in [7, 11) is 0.475. The van der Waals surface area contributed by atoms with Gasteiger partial charge in [-0.25, -0.2) is 0 Å². The van der Waals surface area contributed by atoms with Gasteiger partial charge in [0.1, 0.15) is 5.78 Å². The van der Waals surface area contributed by atoms with Gasteiger partial charge in [0, 0.05) is 16.4 Å². The Morgan fingerprint density at radius 1 is 0.683 bits per heavy atom. The van der Waals surface area contributed by atoms with Gasteiger partial charge in [-0.2, -0.15) is 0 Å². The number of amides is 4. The summed E-state index contributed by atoms with van der Waals surface area (Å²) in [5.41, 5.74) is -1.55. The number of hydrogen-bond acceptors (Lipinski definition) is 5. The van der Waals surface area contributed by atoms with Crippen LogP contribution < -0.4 is 0 Å². The fraction of sp³-hybridized carbons (Fsp3) is 0.848. The summed E-state index contributed by atoms with van der Waals surface area (Å²) in [6.07, 6.45) is 7.87. The largest absolute Gasteiger partial charge is 0.332 e. The third-order valence-corrected chi connectivity index (χ3v) is 14.8. The predicted octanol–water partition coefficient (Wildman–Crippen LogP) is 4.53. The Morgan fingerprint density at radius 2 is 1.12 bits per heavy atom. The van der Waals surface area contributed by atoms with E-state index in [1.807, 2.05) is 20.8 Å². The Hall–Kier alpha value is -1.99. The molecule has 2 saturated heterocycles. The molecule has 222 valence electrons. The molecule has 7 aliphatic rings. The number of imide groups is 2.